The summed E-state index contributed by atoms with van der Waals surface area (Å²) in [6.07, 6.45) is 0. The van der Waals surface area contributed by atoms with Crippen LogP contribution in [-0.2, 0) is 0 Å². The Bertz CT molecular complexity index is 707. The summed E-state index contributed by atoms with van der Waals surface area (Å²) in [7, 11) is 4.25. The normalized spacial score (nSPS) is 11.7. The molecule has 0 unspecified atom stereocenters. The maximum Gasteiger partial charge on any atom is 0.0396 e. The zero-order valence-electron chi connectivity index (χ0n) is 17.6. The maximum absolute atomic E-state index is 2.44. The van der Waals surface area contributed by atoms with E-state index in [1.165, 1.54) is 39.1 Å². The molecular weight excluding hydrogens is 302 g/mol. The first kappa shape index (κ1) is 19.6. The van der Waals surface area contributed by atoms with E-state index < -0.39 is 0 Å². The second-order valence-electron chi connectivity index (χ2n) is 8.38. The molecule has 0 atom stereocenters. The van der Waals surface area contributed by atoms with Gasteiger partial charge >= 0.3 is 0 Å². The molecule has 0 saturated carbocycles. The molecule has 0 N–H and O–H groups in total. The molecule has 25 heavy (non-hydrogen) atoms. The van der Waals surface area contributed by atoms with Gasteiger partial charge < -0.3 is 4.90 Å². The van der Waals surface area contributed by atoms with E-state index in [0.717, 1.165) is 0 Å². The molecular formula is C24H35N. The highest BCUT2D eigenvalue weighted by Crippen LogP contribution is 2.41. The predicted octanol–water partition coefficient (Wildman–Crippen LogP) is 7.10. The molecule has 0 saturated heterocycles. The van der Waals surface area contributed by atoms with Gasteiger partial charge in [0, 0.05) is 19.8 Å². The van der Waals surface area contributed by atoms with Gasteiger partial charge in [-0.1, -0.05) is 65.8 Å². The van der Waals surface area contributed by atoms with Gasteiger partial charge in [0.05, 0.1) is 0 Å². The molecule has 1 heteroatoms. The van der Waals surface area contributed by atoms with Crippen LogP contribution in [0.5, 0.6) is 0 Å². The van der Waals surface area contributed by atoms with E-state index in [-0.39, 0.29) is 0 Å². The summed E-state index contributed by atoms with van der Waals surface area (Å²) in [5.74, 6) is 1.57. The van der Waals surface area contributed by atoms with Crippen LogP contribution in [0.3, 0.4) is 0 Å². The molecule has 2 aromatic rings. The molecule has 2 rings (SSSR count). The van der Waals surface area contributed by atoms with Gasteiger partial charge in [0.1, 0.15) is 0 Å². The molecule has 0 aliphatic rings. The Labute approximate surface area is 155 Å². The van der Waals surface area contributed by atoms with Gasteiger partial charge in [-0.3, -0.25) is 0 Å². The molecule has 0 heterocycles. The summed E-state index contributed by atoms with van der Waals surface area (Å²) in [4.78, 5) is 2.21. The molecule has 2 aromatic carbocycles. The average Bonchev–Trinajstić information content (AvgIpc) is 2.53. The van der Waals surface area contributed by atoms with E-state index in [2.05, 4.69) is 97.8 Å². The molecule has 0 fully saturated rings. The van der Waals surface area contributed by atoms with Crippen LogP contribution in [0, 0.1) is 6.92 Å². The number of anilines is 1. The van der Waals surface area contributed by atoms with Gasteiger partial charge in [0.15, 0.2) is 0 Å². The standard InChI is InChI=1S/C24H35N/c1-15(2)19-13-21(16(3)4)24(22(14-19)17(5)6)20-11-10-12-23(18(20)7)25(8)9/h10-17H,1-9H3. The number of rotatable bonds is 5. The highest BCUT2D eigenvalue weighted by molar-refractivity contribution is 5.80. The lowest BCUT2D eigenvalue weighted by Crippen LogP contribution is -2.11. The van der Waals surface area contributed by atoms with Crippen molar-refractivity contribution in [3.63, 3.8) is 0 Å². The van der Waals surface area contributed by atoms with Crippen molar-refractivity contribution in [2.24, 2.45) is 0 Å². The highest BCUT2D eigenvalue weighted by Gasteiger charge is 2.20. The van der Waals surface area contributed by atoms with Crippen molar-refractivity contribution < 1.29 is 0 Å². The summed E-state index contributed by atoms with van der Waals surface area (Å²) < 4.78 is 0. The third-order valence-corrected chi connectivity index (χ3v) is 5.19. The molecule has 0 aliphatic heterocycles. The van der Waals surface area contributed by atoms with Gasteiger partial charge in [-0.05, 0) is 64.1 Å². The van der Waals surface area contributed by atoms with Crippen LogP contribution >= 0.6 is 0 Å². The fourth-order valence-corrected chi connectivity index (χ4v) is 3.65. The summed E-state index contributed by atoms with van der Waals surface area (Å²) in [6, 6.07) is 11.6. The molecule has 0 aliphatic carbocycles. The predicted molar refractivity (Wildman–Crippen MR) is 113 cm³/mol. The van der Waals surface area contributed by atoms with E-state index in [9.17, 15) is 0 Å². The molecule has 0 aromatic heterocycles. The first-order chi connectivity index (χ1) is 11.6. The Kier molecular flexibility index (Phi) is 5.98. The monoisotopic (exact) mass is 337 g/mol. The van der Waals surface area contributed by atoms with E-state index in [1.807, 2.05) is 0 Å². The fourth-order valence-electron chi connectivity index (χ4n) is 3.65. The molecule has 0 radical (unpaired) electrons. The minimum absolute atomic E-state index is 0.508. The first-order valence-electron chi connectivity index (χ1n) is 9.60. The highest BCUT2D eigenvalue weighted by atomic mass is 15.1. The molecule has 1 nitrogen and oxygen atoms in total. The van der Waals surface area contributed by atoms with Gasteiger partial charge in [0.2, 0.25) is 0 Å². The third kappa shape index (κ3) is 3.92. The van der Waals surface area contributed by atoms with Crippen LogP contribution in [-0.4, -0.2) is 14.1 Å². The first-order valence-corrected chi connectivity index (χ1v) is 9.60. The summed E-state index contributed by atoms with van der Waals surface area (Å²) in [6.45, 7) is 16.1. The van der Waals surface area contributed by atoms with Gasteiger partial charge in [-0.25, -0.2) is 0 Å². The van der Waals surface area contributed by atoms with Crippen LogP contribution in [0.4, 0.5) is 5.69 Å². The summed E-state index contributed by atoms with van der Waals surface area (Å²) in [5, 5.41) is 0. The molecule has 0 bridgehead atoms. The van der Waals surface area contributed by atoms with Crippen molar-refractivity contribution in [2.45, 2.75) is 66.2 Å². The Morgan fingerprint density at radius 1 is 0.760 bits per heavy atom. The van der Waals surface area contributed by atoms with E-state index in [4.69, 9.17) is 0 Å². The SMILES string of the molecule is Cc1c(-c2c(C(C)C)cc(C(C)C)cc2C(C)C)cccc1N(C)C. The van der Waals surface area contributed by atoms with Crippen molar-refractivity contribution in [1.82, 2.24) is 0 Å². The van der Waals surface area contributed by atoms with Crippen LogP contribution in [0.2, 0.25) is 0 Å². The van der Waals surface area contributed by atoms with E-state index in [0.29, 0.717) is 17.8 Å². The zero-order valence-corrected chi connectivity index (χ0v) is 17.6. The lowest BCUT2D eigenvalue weighted by atomic mass is 9.80. The molecule has 0 amide bonds. The van der Waals surface area contributed by atoms with Crippen molar-refractivity contribution in [3.8, 4) is 11.1 Å². The second-order valence-corrected chi connectivity index (χ2v) is 8.38. The van der Waals surface area contributed by atoms with Crippen molar-refractivity contribution in [2.75, 3.05) is 19.0 Å². The van der Waals surface area contributed by atoms with Gasteiger partial charge in [0.25, 0.3) is 0 Å². The average molecular weight is 338 g/mol. The van der Waals surface area contributed by atoms with Gasteiger partial charge in [-0.2, -0.15) is 0 Å². The zero-order chi connectivity index (χ0) is 18.9. The summed E-state index contributed by atoms with van der Waals surface area (Å²) in [5.41, 5.74) is 9.92. The number of hydrogen-bond donors (Lipinski definition) is 0. The molecule has 136 valence electrons. The summed E-state index contributed by atoms with van der Waals surface area (Å²) >= 11 is 0. The Balaban J connectivity index is 2.87. The minimum atomic E-state index is 0.508. The lowest BCUT2D eigenvalue weighted by molar-refractivity contribution is 0.807. The fraction of sp³-hybridized carbons (Fsp3) is 0.500. The van der Waals surface area contributed by atoms with Crippen LogP contribution < -0.4 is 4.90 Å². The molecule has 0 spiro atoms. The van der Waals surface area contributed by atoms with Crippen molar-refractivity contribution in [1.29, 1.82) is 0 Å². The van der Waals surface area contributed by atoms with E-state index in [1.54, 1.807) is 0 Å². The smallest absolute Gasteiger partial charge is 0.0396 e. The lowest BCUT2D eigenvalue weighted by Gasteiger charge is -2.26. The Morgan fingerprint density at radius 3 is 1.68 bits per heavy atom. The van der Waals surface area contributed by atoms with Crippen molar-refractivity contribution in [3.05, 3.63) is 52.6 Å². The number of nitrogens with zero attached hydrogens (tertiary/aromatic N) is 1. The van der Waals surface area contributed by atoms with Gasteiger partial charge in [-0.15, -0.1) is 0 Å². The minimum Gasteiger partial charge on any atom is -0.377 e. The largest absolute Gasteiger partial charge is 0.377 e. The Morgan fingerprint density at radius 2 is 1.28 bits per heavy atom. The van der Waals surface area contributed by atoms with Crippen molar-refractivity contribution >= 4 is 5.69 Å². The van der Waals surface area contributed by atoms with Crippen LogP contribution in [0.25, 0.3) is 11.1 Å². The van der Waals surface area contributed by atoms with Crippen LogP contribution in [0.15, 0.2) is 30.3 Å². The van der Waals surface area contributed by atoms with E-state index >= 15 is 0 Å². The second kappa shape index (κ2) is 7.64. The number of hydrogen-bond acceptors (Lipinski definition) is 1. The quantitative estimate of drug-likeness (QED) is 0.562. The Hall–Kier alpha value is -1.76. The third-order valence-electron chi connectivity index (χ3n) is 5.19. The van der Waals surface area contributed by atoms with Crippen LogP contribution in [0.1, 0.15) is 81.5 Å². The number of benzene rings is 2. The topological polar surface area (TPSA) is 3.24 Å². The maximum atomic E-state index is 2.44.